The van der Waals surface area contributed by atoms with Gasteiger partial charge in [-0.15, -0.1) is 23.2 Å². The molecule has 0 saturated heterocycles. The van der Waals surface area contributed by atoms with Crippen LogP contribution in [0.15, 0.2) is 24.3 Å². The van der Waals surface area contributed by atoms with Crippen LogP contribution in [-0.2, 0) is 8.34 Å². The maximum Gasteiger partial charge on any atom is 0.230 e. The second-order valence-corrected chi connectivity index (χ2v) is 9.61. The van der Waals surface area contributed by atoms with Crippen LogP contribution in [0.3, 0.4) is 0 Å². The number of carbonyl (C=O) groups excluding carboxylic acids is 1. The van der Waals surface area contributed by atoms with Crippen molar-refractivity contribution in [2.75, 3.05) is 0 Å². The first-order valence-electron chi connectivity index (χ1n) is 6.75. The molecule has 1 aromatic carbocycles. The number of amides is 1. The number of rotatable bonds is 4. The average molecular weight is 461 g/mol. The lowest BCUT2D eigenvalue weighted by Crippen LogP contribution is -2.44. The quantitative estimate of drug-likeness (QED) is 0.370. The van der Waals surface area contributed by atoms with E-state index in [4.69, 9.17) is 34.8 Å². The van der Waals surface area contributed by atoms with Gasteiger partial charge in [-0.05, 0) is 53.6 Å². The highest BCUT2D eigenvalue weighted by Crippen LogP contribution is 2.70. The summed E-state index contributed by atoms with van der Waals surface area (Å²) < 4.78 is -1.54. The van der Waals surface area contributed by atoms with Gasteiger partial charge < -0.3 is 5.32 Å². The molecule has 1 fully saturated rings. The van der Waals surface area contributed by atoms with Crippen molar-refractivity contribution in [3.63, 3.8) is 0 Å². The minimum Gasteiger partial charge on any atom is -0.337 e. The van der Waals surface area contributed by atoms with Gasteiger partial charge in [0.15, 0.2) is 0 Å². The van der Waals surface area contributed by atoms with Crippen LogP contribution in [-0.4, -0.2) is 10.2 Å². The molecule has 0 spiro atoms. The van der Waals surface area contributed by atoms with Gasteiger partial charge in [-0.25, -0.2) is 0 Å². The van der Waals surface area contributed by atoms with Crippen molar-refractivity contribution in [1.82, 2.24) is 5.32 Å². The zero-order valence-corrected chi connectivity index (χ0v) is 16.4. The Balaban J connectivity index is 2.21. The first-order valence-corrected chi connectivity index (χ1v) is 8.96. The lowest BCUT2D eigenvalue weighted by Gasteiger charge is -2.28. The minimum atomic E-state index is -0.988. The monoisotopic (exact) mass is 459 g/mol. The van der Waals surface area contributed by atoms with Gasteiger partial charge in [-0.2, -0.15) is 0 Å². The highest BCUT2D eigenvalue weighted by molar-refractivity contribution is 14.1. The molecule has 1 saturated carbocycles. The summed E-state index contributed by atoms with van der Waals surface area (Å²) in [7, 11) is 0. The first kappa shape index (κ1) is 17.6. The smallest absolute Gasteiger partial charge is 0.230 e. The molecule has 21 heavy (non-hydrogen) atoms. The molecule has 1 amide bonds. The Labute approximate surface area is 154 Å². The fourth-order valence-electron chi connectivity index (χ4n) is 2.85. The summed E-state index contributed by atoms with van der Waals surface area (Å²) in [4.78, 5) is 12.7. The molecule has 1 aliphatic rings. The molecule has 2 rings (SSSR count). The van der Waals surface area contributed by atoms with Crippen LogP contribution in [0.25, 0.3) is 0 Å². The van der Waals surface area contributed by atoms with Gasteiger partial charge in [-0.1, -0.05) is 37.6 Å². The van der Waals surface area contributed by atoms with E-state index >= 15 is 0 Å². The molecule has 2 nitrogen and oxygen atoms in total. The molecule has 0 radical (unpaired) electrons. The van der Waals surface area contributed by atoms with Crippen LogP contribution in [0.2, 0.25) is 5.02 Å². The predicted molar refractivity (Wildman–Crippen MR) is 97.3 cm³/mol. The van der Waals surface area contributed by atoms with Crippen LogP contribution < -0.4 is 5.32 Å². The number of halogens is 4. The van der Waals surface area contributed by atoms with E-state index in [1.807, 2.05) is 45.0 Å². The molecule has 0 aliphatic heterocycles. The number of nitrogens with one attached hydrogen (secondary N) is 1. The van der Waals surface area contributed by atoms with Crippen LogP contribution >= 0.6 is 57.4 Å². The molecule has 0 aromatic heterocycles. The third-order valence-corrected chi connectivity index (χ3v) is 6.97. The lowest BCUT2D eigenvalue weighted by atomic mass is 9.98. The van der Waals surface area contributed by atoms with E-state index in [-0.39, 0.29) is 11.8 Å². The molecular formula is C15H17Cl3INO. The van der Waals surface area contributed by atoms with E-state index in [0.29, 0.717) is 11.4 Å². The highest BCUT2D eigenvalue weighted by atomic mass is 127. The molecular weight excluding hydrogens is 443 g/mol. The van der Waals surface area contributed by atoms with Crippen molar-refractivity contribution in [3.8, 4) is 0 Å². The van der Waals surface area contributed by atoms with E-state index in [2.05, 4.69) is 27.9 Å². The van der Waals surface area contributed by atoms with E-state index in [1.54, 1.807) is 0 Å². The van der Waals surface area contributed by atoms with Crippen molar-refractivity contribution in [3.05, 3.63) is 34.9 Å². The number of hydrogen-bond donors (Lipinski definition) is 1. The maximum absolute atomic E-state index is 12.7. The maximum atomic E-state index is 12.7. The first-order chi connectivity index (χ1) is 9.59. The van der Waals surface area contributed by atoms with Gasteiger partial charge in [0.25, 0.3) is 0 Å². The molecule has 3 atom stereocenters. The zero-order valence-electron chi connectivity index (χ0n) is 12.0. The SMILES string of the molecule is CCC1(C(=O)NC(C)(I)c2ccc(Cl)cc2)C(C)C1(Cl)Cl. The molecule has 3 unspecified atom stereocenters. The van der Waals surface area contributed by atoms with Gasteiger partial charge in [0, 0.05) is 10.9 Å². The fourth-order valence-corrected chi connectivity index (χ4v) is 4.61. The highest BCUT2D eigenvalue weighted by Gasteiger charge is 2.76. The summed E-state index contributed by atoms with van der Waals surface area (Å²) >= 11 is 20.7. The van der Waals surface area contributed by atoms with Gasteiger partial charge in [-0.3, -0.25) is 4.79 Å². The normalized spacial score (nSPS) is 29.6. The Hall–Kier alpha value is 0.290. The summed E-state index contributed by atoms with van der Waals surface area (Å²) in [6, 6.07) is 7.42. The van der Waals surface area contributed by atoms with Crippen molar-refractivity contribution in [2.24, 2.45) is 11.3 Å². The number of hydrogen-bond acceptors (Lipinski definition) is 1. The van der Waals surface area contributed by atoms with E-state index < -0.39 is 13.3 Å². The second kappa shape index (κ2) is 5.73. The Morgan fingerprint density at radius 3 is 2.24 bits per heavy atom. The van der Waals surface area contributed by atoms with E-state index in [9.17, 15) is 4.79 Å². The van der Waals surface area contributed by atoms with Gasteiger partial charge in [0.05, 0.1) is 5.41 Å². The molecule has 116 valence electrons. The number of benzene rings is 1. The van der Waals surface area contributed by atoms with Gasteiger partial charge in [0.1, 0.15) is 7.88 Å². The van der Waals surface area contributed by atoms with E-state index in [1.165, 1.54) is 0 Å². The van der Waals surface area contributed by atoms with Crippen LogP contribution in [0.5, 0.6) is 0 Å². The minimum absolute atomic E-state index is 0.0595. The Bertz CT molecular complexity index is 559. The average Bonchev–Trinajstić information content (AvgIpc) is 2.83. The number of carbonyl (C=O) groups is 1. The van der Waals surface area contributed by atoms with Crippen LogP contribution in [0.4, 0.5) is 0 Å². The van der Waals surface area contributed by atoms with Crippen molar-refractivity contribution >= 4 is 63.3 Å². The number of alkyl halides is 3. The van der Waals surface area contributed by atoms with Crippen molar-refractivity contribution < 1.29 is 4.79 Å². The summed E-state index contributed by atoms with van der Waals surface area (Å²) in [5, 5.41) is 3.73. The molecule has 1 aliphatic carbocycles. The van der Waals surface area contributed by atoms with Crippen molar-refractivity contribution in [1.29, 1.82) is 0 Å². The fraction of sp³-hybridized carbons (Fsp3) is 0.533. The Morgan fingerprint density at radius 1 is 1.38 bits per heavy atom. The standard InChI is InChI=1S/C15H17Cl3INO/c1-4-14(9(2)15(14,17)18)12(21)20-13(3,19)10-5-7-11(16)8-6-10/h5-9H,4H2,1-3H3,(H,20,21). The van der Waals surface area contributed by atoms with Gasteiger partial charge >= 0.3 is 0 Å². The van der Waals surface area contributed by atoms with Crippen LogP contribution in [0.1, 0.15) is 32.8 Å². The molecule has 0 bridgehead atoms. The topological polar surface area (TPSA) is 29.1 Å². The van der Waals surface area contributed by atoms with Crippen LogP contribution in [0, 0.1) is 11.3 Å². The third kappa shape index (κ3) is 2.79. The summed E-state index contributed by atoms with van der Waals surface area (Å²) in [5.74, 6) is -0.162. The molecule has 6 heteroatoms. The largest absolute Gasteiger partial charge is 0.337 e. The second-order valence-electron chi connectivity index (χ2n) is 5.63. The molecule has 1 aromatic rings. The third-order valence-electron chi connectivity index (χ3n) is 4.49. The summed E-state index contributed by atoms with van der Waals surface area (Å²) in [6.45, 7) is 5.79. The Kier molecular flexibility index (Phi) is 4.82. The predicted octanol–water partition coefficient (Wildman–Crippen LogP) is 5.28. The molecule has 1 N–H and O–H groups in total. The van der Waals surface area contributed by atoms with Crippen molar-refractivity contribution in [2.45, 2.75) is 35.1 Å². The molecule has 0 heterocycles. The summed E-state index contributed by atoms with van der Waals surface area (Å²) in [6.07, 6.45) is 0.611. The lowest BCUT2D eigenvalue weighted by molar-refractivity contribution is -0.127. The van der Waals surface area contributed by atoms with E-state index in [0.717, 1.165) is 5.56 Å². The Morgan fingerprint density at radius 2 is 1.86 bits per heavy atom. The van der Waals surface area contributed by atoms with Gasteiger partial charge in [0.2, 0.25) is 5.91 Å². The zero-order chi connectivity index (χ0) is 16.1. The summed E-state index contributed by atoms with van der Waals surface area (Å²) in [5.41, 5.74) is 0.254.